The average Bonchev–Trinajstić information content (AvgIpc) is 2.71. The summed E-state index contributed by atoms with van der Waals surface area (Å²) < 4.78 is 0. The van der Waals surface area contributed by atoms with Gasteiger partial charge >= 0.3 is 0 Å². The van der Waals surface area contributed by atoms with E-state index in [0.717, 1.165) is 37.6 Å². The molecule has 29 heavy (non-hydrogen) atoms. The Morgan fingerprint density at radius 3 is 2.38 bits per heavy atom. The van der Waals surface area contributed by atoms with Gasteiger partial charge in [0.1, 0.15) is 0 Å². The van der Waals surface area contributed by atoms with E-state index in [2.05, 4.69) is 22.5 Å². The molecular formula is C21H34IN5O2. The second-order valence-electron chi connectivity index (χ2n) is 7.15. The minimum absolute atomic E-state index is 0. The molecule has 2 amide bonds. The number of aliphatic imine (C=N–C) groups is 1. The van der Waals surface area contributed by atoms with Crippen LogP contribution in [0.3, 0.4) is 0 Å². The molecule has 1 fully saturated rings. The smallest absolute Gasteiger partial charge is 0.251 e. The summed E-state index contributed by atoms with van der Waals surface area (Å²) in [6.45, 7) is 11.9. The molecule has 8 heteroatoms. The molecular weight excluding hydrogens is 481 g/mol. The van der Waals surface area contributed by atoms with E-state index in [1.807, 2.05) is 43.0 Å². The van der Waals surface area contributed by atoms with Gasteiger partial charge in [0.05, 0.1) is 6.54 Å². The van der Waals surface area contributed by atoms with E-state index in [1.54, 1.807) is 6.92 Å². The van der Waals surface area contributed by atoms with Crippen LogP contribution in [-0.2, 0) is 11.3 Å². The number of nitrogens with one attached hydrogen (secondary N) is 2. The summed E-state index contributed by atoms with van der Waals surface area (Å²) in [5, 5.41) is 6.33. The zero-order valence-electron chi connectivity index (χ0n) is 17.9. The zero-order valence-corrected chi connectivity index (χ0v) is 20.2. The van der Waals surface area contributed by atoms with Gasteiger partial charge in [-0.25, -0.2) is 4.99 Å². The van der Waals surface area contributed by atoms with Crippen LogP contribution in [0.15, 0.2) is 29.3 Å². The van der Waals surface area contributed by atoms with Crippen molar-refractivity contribution in [3.05, 3.63) is 35.4 Å². The van der Waals surface area contributed by atoms with Gasteiger partial charge in [-0.15, -0.1) is 24.0 Å². The number of guanidine groups is 1. The number of piperazine rings is 1. The van der Waals surface area contributed by atoms with Gasteiger partial charge < -0.3 is 20.4 Å². The first-order valence-electron chi connectivity index (χ1n) is 10.1. The fourth-order valence-corrected chi connectivity index (χ4v) is 3.05. The van der Waals surface area contributed by atoms with Crippen molar-refractivity contribution in [2.24, 2.45) is 4.99 Å². The normalized spacial score (nSPS) is 15.4. The number of hydrogen-bond acceptors (Lipinski definition) is 3. The summed E-state index contributed by atoms with van der Waals surface area (Å²) in [6.07, 6.45) is 0.901. The molecule has 7 nitrogen and oxygen atoms in total. The van der Waals surface area contributed by atoms with Crippen molar-refractivity contribution >= 4 is 41.8 Å². The molecule has 1 aromatic rings. The van der Waals surface area contributed by atoms with Crippen LogP contribution in [0.1, 0.15) is 50.0 Å². The number of carbonyl (C=O) groups is 2. The Balaban J connectivity index is 0.00000420. The summed E-state index contributed by atoms with van der Waals surface area (Å²) in [5.41, 5.74) is 1.66. The minimum atomic E-state index is -0.0487. The monoisotopic (exact) mass is 515 g/mol. The van der Waals surface area contributed by atoms with Gasteiger partial charge in [0.25, 0.3) is 5.91 Å². The second kappa shape index (κ2) is 12.7. The molecule has 1 unspecified atom stereocenters. The number of amides is 2. The molecule has 0 aromatic heterocycles. The number of hydrogen-bond donors (Lipinski definition) is 2. The van der Waals surface area contributed by atoms with Crippen molar-refractivity contribution in [2.75, 3.05) is 32.7 Å². The van der Waals surface area contributed by atoms with Gasteiger partial charge in [0.15, 0.2) is 5.96 Å². The highest BCUT2D eigenvalue weighted by Gasteiger charge is 2.20. The quantitative estimate of drug-likeness (QED) is 0.347. The maximum absolute atomic E-state index is 12.3. The third-order valence-electron chi connectivity index (χ3n) is 4.95. The van der Waals surface area contributed by atoms with Crippen LogP contribution in [0.5, 0.6) is 0 Å². The predicted molar refractivity (Wildman–Crippen MR) is 128 cm³/mol. The van der Waals surface area contributed by atoms with Crippen LogP contribution in [0, 0.1) is 0 Å². The van der Waals surface area contributed by atoms with Crippen molar-refractivity contribution in [3.8, 4) is 0 Å². The Morgan fingerprint density at radius 2 is 1.79 bits per heavy atom. The first-order chi connectivity index (χ1) is 13.4. The van der Waals surface area contributed by atoms with Crippen molar-refractivity contribution in [3.63, 3.8) is 0 Å². The topological polar surface area (TPSA) is 77.0 Å². The number of benzene rings is 1. The molecule has 2 N–H and O–H groups in total. The molecule has 1 aliphatic rings. The Kier molecular flexibility index (Phi) is 11.0. The van der Waals surface area contributed by atoms with Crippen molar-refractivity contribution in [2.45, 2.75) is 46.7 Å². The maximum Gasteiger partial charge on any atom is 0.251 e. The van der Waals surface area contributed by atoms with Gasteiger partial charge in [-0.3, -0.25) is 9.59 Å². The van der Waals surface area contributed by atoms with E-state index in [9.17, 15) is 9.59 Å². The fourth-order valence-electron chi connectivity index (χ4n) is 3.05. The van der Waals surface area contributed by atoms with E-state index in [0.29, 0.717) is 25.2 Å². The molecule has 1 atom stereocenters. The first-order valence-corrected chi connectivity index (χ1v) is 10.1. The average molecular weight is 515 g/mol. The maximum atomic E-state index is 12.3. The highest BCUT2D eigenvalue weighted by molar-refractivity contribution is 14.0. The van der Waals surface area contributed by atoms with E-state index in [4.69, 9.17) is 4.99 Å². The lowest BCUT2D eigenvalue weighted by atomic mass is 10.1. The lowest BCUT2D eigenvalue weighted by Crippen LogP contribution is -2.53. The van der Waals surface area contributed by atoms with Crippen LogP contribution < -0.4 is 10.6 Å². The fraction of sp³-hybridized carbons (Fsp3) is 0.571. The number of halogens is 1. The molecule has 1 aromatic carbocycles. The molecule has 0 radical (unpaired) electrons. The summed E-state index contributed by atoms with van der Waals surface area (Å²) in [6, 6.07) is 7.77. The van der Waals surface area contributed by atoms with Crippen molar-refractivity contribution in [1.82, 2.24) is 20.4 Å². The van der Waals surface area contributed by atoms with Crippen LogP contribution >= 0.6 is 24.0 Å². The third kappa shape index (κ3) is 7.83. The summed E-state index contributed by atoms with van der Waals surface area (Å²) in [7, 11) is 0. The first kappa shape index (κ1) is 25.2. The van der Waals surface area contributed by atoms with Crippen LogP contribution in [0.25, 0.3) is 0 Å². The SMILES string of the molecule is CCNC(=NCc1cccc(C(=O)NC(C)CC)c1)N1CCN(C(C)=O)CC1.I. The third-order valence-corrected chi connectivity index (χ3v) is 4.95. The zero-order chi connectivity index (χ0) is 20.5. The molecule has 1 saturated heterocycles. The van der Waals surface area contributed by atoms with E-state index >= 15 is 0 Å². The highest BCUT2D eigenvalue weighted by Crippen LogP contribution is 2.09. The van der Waals surface area contributed by atoms with Crippen molar-refractivity contribution in [1.29, 1.82) is 0 Å². The molecule has 0 aliphatic carbocycles. The Bertz CT molecular complexity index is 702. The molecule has 2 rings (SSSR count). The second-order valence-corrected chi connectivity index (χ2v) is 7.15. The van der Waals surface area contributed by atoms with Gasteiger partial charge in [-0.2, -0.15) is 0 Å². The predicted octanol–water partition coefficient (Wildman–Crippen LogP) is 2.46. The van der Waals surface area contributed by atoms with Gasteiger partial charge in [-0.05, 0) is 38.0 Å². The molecule has 162 valence electrons. The summed E-state index contributed by atoms with van der Waals surface area (Å²) in [4.78, 5) is 32.6. The van der Waals surface area contributed by atoms with E-state index in [1.165, 1.54) is 0 Å². The van der Waals surface area contributed by atoms with Gasteiger partial charge in [-0.1, -0.05) is 19.1 Å². The molecule has 0 bridgehead atoms. The lowest BCUT2D eigenvalue weighted by Gasteiger charge is -2.36. The molecule has 1 aliphatic heterocycles. The standard InChI is InChI=1S/C21H33N5O2.HI/c1-5-16(3)24-20(28)19-9-7-8-18(14-19)15-23-21(22-6-2)26-12-10-25(11-13-26)17(4)27;/h7-9,14,16H,5-6,10-13,15H2,1-4H3,(H,22,23)(H,24,28);1H. The lowest BCUT2D eigenvalue weighted by molar-refractivity contribution is -0.130. The van der Waals surface area contributed by atoms with Crippen LogP contribution in [0.4, 0.5) is 0 Å². The minimum Gasteiger partial charge on any atom is -0.357 e. The molecule has 0 saturated carbocycles. The van der Waals surface area contributed by atoms with Crippen LogP contribution in [-0.4, -0.2) is 66.3 Å². The van der Waals surface area contributed by atoms with Gasteiger partial charge in [0.2, 0.25) is 5.91 Å². The molecule has 0 spiro atoms. The Labute approximate surface area is 191 Å². The number of carbonyl (C=O) groups excluding carboxylic acids is 2. The van der Waals surface area contributed by atoms with E-state index < -0.39 is 0 Å². The van der Waals surface area contributed by atoms with Gasteiger partial charge in [0, 0.05) is 51.3 Å². The van der Waals surface area contributed by atoms with Crippen LogP contribution in [0.2, 0.25) is 0 Å². The Morgan fingerprint density at radius 1 is 1.14 bits per heavy atom. The summed E-state index contributed by atoms with van der Waals surface area (Å²) in [5.74, 6) is 0.918. The van der Waals surface area contributed by atoms with E-state index in [-0.39, 0.29) is 41.8 Å². The summed E-state index contributed by atoms with van der Waals surface area (Å²) >= 11 is 0. The largest absolute Gasteiger partial charge is 0.357 e. The highest BCUT2D eigenvalue weighted by atomic mass is 127. The number of rotatable bonds is 6. The van der Waals surface area contributed by atoms with Crippen molar-refractivity contribution < 1.29 is 9.59 Å². The number of nitrogens with zero attached hydrogens (tertiary/aromatic N) is 3. The Hall–Kier alpha value is -1.84. The molecule has 1 heterocycles.